The summed E-state index contributed by atoms with van der Waals surface area (Å²) in [6, 6.07) is 15.1. The first-order valence-corrected chi connectivity index (χ1v) is 12.3. The third kappa shape index (κ3) is 5.33. The van der Waals surface area contributed by atoms with Gasteiger partial charge < -0.3 is 19.5 Å². The zero-order chi connectivity index (χ0) is 23.5. The number of hydrogen-bond acceptors (Lipinski definition) is 5. The van der Waals surface area contributed by atoms with Gasteiger partial charge in [-0.2, -0.15) is 0 Å². The van der Waals surface area contributed by atoms with Gasteiger partial charge in [0.25, 0.3) is 0 Å². The summed E-state index contributed by atoms with van der Waals surface area (Å²) in [5.74, 6) is -0.112. The molecule has 6 nitrogen and oxygen atoms in total. The van der Waals surface area contributed by atoms with Crippen LogP contribution in [0.4, 0.5) is 4.39 Å². The monoisotopic (exact) mass is 468 g/mol. The van der Waals surface area contributed by atoms with Gasteiger partial charge in [-0.15, -0.1) is 0 Å². The van der Waals surface area contributed by atoms with Gasteiger partial charge in [0.2, 0.25) is 5.91 Å². The van der Waals surface area contributed by atoms with Crippen molar-refractivity contribution < 1.29 is 23.8 Å². The van der Waals surface area contributed by atoms with Crippen molar-refractivity contribution in [2.75, 3.05) is 26.3 Å². The Labute approximate surface area is 200 Å². The third-order valence-electron chi connectivity index (χ3n) is 7.30. The summed E-state index contributed by atoms with van der Waals surface area (Å²) in [6.07, 6.45) is 1.81. The predicted octanol–water partition coefficient (Wildman–Crippen LogP) is 2.91. The molecule has 0 radical (unpaired) electrons. The molecule has 4 atom stereocenters. The number of hydrogen-bond donors (Lipinski definition) is 1. The number of aliphatic hydroxyl groups is 1. The van der Waals surface area contributed by atoms with E-state index in [1.165, 1.54) is 17.2 Å². The van der Waals surface area contributed by atoms with Crippen molar-refractivity contribution in [1.29, 1.82) is 0 Å². The van der Waals surface area contributed by atoms with Gasteiger partial charge in [0.1, 0.15) is 5.82 Å². The van der Waals surface area contributed by atoms with E-state index in [1.54, 1.807) is 12.1 Å². The Morgan fingerprint density at radius 3 is 2.71 bits per heavy atom. The van der Waals surface area contributed by atoms with E-state index >= 15 is 0 Å². The minimum atomic E-state index is -0.631. The summed E-state index contributed by atoms with van der Waals surface area (Å²) in [7, 11) is 0. The SMILES string of the molecule is O=C(C[C@H]1CC[C@@H]2[C@H](COC[C@@H](O)CN2Cc2ccccc2F)O1)N1CCc2ccccc2C1. The van der Waals surface area contributed by atoms with Crippen molar-refractivity contribution in [2.45, 2.75) is 63.1 Å². The Morgan fingerprint density at radius 1 is 1.06 bits per heavy atom. The van der Waals surface area contributed by atoms with Gasteiger partial charge in [-0.25, -0.2) is 4.39 Å². The number of ether oxygens (including phenoxy) is 2. The molecule has 0 aromatic heterocycles. The van der Waals surface area contributed by atoms with E-state index in [2.05, 4.69) is 17.0 Å². The average Bonchev–Trinajstić information content (AvgIpc) is 2.84. The van der Waals surface area contributed by atoms with Crippen LogP contribution in [0.2, 0.25) is 0 Å². The summed E-state index contributed by atoms with van der Waals surface area (Å²) in [5.41, 5.74) is 3.16. The number of nitrogens with zero attached hydrogens (tertiary/aromatic N) is 2. The quantitative estimate of drug-likeness (QED) is 0.748. The van der Waals surface area contributed by atoms with Gasteiger partial charge in [0, 0.05) is 37.8 Å². The zero-order valence-electron chi connectivity index (χ0n) is 19.4. The lowest BCUT2D eigenvalue weighted by molar-refractivity contribution is -0.161. The van der Waals surface area contributed by atoms with Crippen LogP contribution in [0.15, 0.2) is 48.5 Å². The van der Waals surface area contributed by atoms with Crippen LogP contribution < -0.4 is 0 Å². The summed E-state index contributed by atoms with van der Waals surface area (Å²) in [6.45, 7) is 2.78. The number of β-amino-alcohol motifs (C(OH)–C–C–N with tert-alkyl or cyclic N) is 1. The highest BCUT2D eigenvalue weighted by molar-refractivity contribution is 5.77. The largest absolute Gasteiger partial charge is 0.389 e. The number of fused-ring (bicyclic) bond motifs is 2. The second-order valence-corrected chi connectivity index (χ2v) is 9.69. The fourth-order valence-corrected chi connectivity index (χ4v) is 5.51. The van der Waals surface area contributed by atoms with E-state index < -0.39 is 6.10 Å². The number of rotatable bonds is 4. The van der Waals surface area contributed by atoms with Gasteiger partial charge in [0.15, 0.2) is 0 Å². The Morgan fingerprint density at radius 2 is 1.85 bits per heavy atom. The molecule has 3 heterocycles. The smallest absolute Gasteiger partial charge is 0.225 e. The molecule has 2 aromatic rings. The second-order valence-electron chi connectivity index (χ2n) is 9.69. The molecule has 5 rings (SSSR count). The van der Waals surface area contributed by atoms with Gasteiger partial charge >= 0.3 is 0 Å². The fourth-order valence-electron chi connectivity index (χ4n) is 5.51. The molecular formula is C27H33FN2O4. The Balaban J connectivity index is 1.23. The molecule has 0 saturated carbocycles. The zero-order valence-corrected chi connectivity index (χ0v) is 19.4. The number of carbonyl (C=O) groups is 1. The Hall–Kier alpha value is -2.32. The molecule has 1 amide bonds. The predicted molar refractivity (Wildman–Crippen MR) is 125 cm³/mol. The van der Waals surface area contributed by atoms with Gasteiger partial charge in [-0.3, -0.25) is 9.69 Å². The lowest BCUT2D eigenvalue weighted by Crippen LogP contribution is -2.55. The van der Waals surface area contributed by atoms with Crippen molar-refractivity contribution in [3.63, 3.8) is 0 Å². The molecule has 0 spiro atoms. The van der Waals surface area contributed by atoms with Gasteiger partial charge in [-0.05, 0) is 36.5 Å². The number of benzene rings is 2. The highest BCUT2D eigenvalue weighted by atomic mass is 19.1. The van der Waals surface area contributed by atoms with Crippen molar-refractivity contribution in [1.82, 2.24) is 9.80 Å². The van der Waals surface area contributed by atoms with Crippen LogP contribution in [0.25, 0.3) is 0 Å². The highest BCUT2D eigenvalue weighted by Crippen LogP contribution is 2.30. The molecule has 2 saturated heterocycles. The average molecular weight is 469 g/mol. The molecule has 1 N–H and O–H groups in total. The van der Waals surface area contributed by atoms with E-state index in [0.717, 1.165) is 25.8 Å². The summed E-state index contributed by atoms with van der Waals surface area (Å²) < 4.78 is 26.5. The minimum absolute atomic E-state index is 0.00257. The lowest BCUT2D eigenvalue weighted by Gasteiger charge is -2.44. The van der Waals surface area contributed by atoms with Gasteiger partial charge in [0.05, 0.1) is 37.9 Å². The lowest BCUT2D eigenvalue weighted by atomic mass is 9.93. The maximum absolute atomic E-state index is 14.3. The molecule has 3 aliphatic rings. The number of aliphatic hydroxyl groups excluding tert-OH is 1. The van der Waals surface area contributed by atoms with Crippen LogP contribution in [0.3, 0.4) is 0 Å². The van der Waals surface area contributed by atoms with Crippen molar-refractivity contribution in [3.05, 3.63) is 71.0 Å². The van der Waals surface area contributed by atoms with Crippen LogP contribution in [-0.2, 0) is 33.8 Å². The fraction of sp³-hybridized carbons (Fsp3) is 0.519. The molecular weight excluding hydrogens is 435 g/mol. The molecule has 34 heavy (non-hydrogen) atoms. The van der Waals surface area contributed by atoms with Crippen LogP contribution in [0, 0.1) is 5.82 Å². The van der Waals surface area contributed by atoms with Crippen molar-refractivity contribution >= 4 is 5.91 Å². The molecule has 182 valence electrons. The van der Waals surface area contributed by atoms with Crippen molar-refractivity contribution in [3.8, 4) is 0 Å². The maximum Gasteiger partial charge on any atom is 0.225 e. The molecule has 0 unspecified atom stereocenters. The maximum atomic E-state index is 14.3. The molecule has 0 bridgehead atoms. The summed E-state index contributed by atoms with van der Waals surface area (Å²) in [4.78, 5) is 17.1. The van der Waals surface area contributed by atoms with Crippen molar-refractivity contribution in [2.24, 2.45) is 0 Å². The van der Waals surface area contributed by atoms with E-state index in [-0.39, 0.29) is 36.6 Å². The first-order valence-electron chi connectivity index (χ1n) is 12.3. The number of carbonyl (C=O) groups excluding carboxylic acids is 1. The second kappa shape index (κ2) is 10.5. The molecule has 2 aromatic carbocycles. The molecule has 3 aliphatic heterocycles. The van der Waals surface area contributed by atoms with Gasteiger partial charge in [-0.1, -0.05) is 42.5 Å². The van der Waals surface area contributed by atoms with E-state index in [4.69, 9.17) is 9.47 Å². The first-order chi connectivity index (χ1) is 16.6. The normalized spacial score (nSPS) is 27.9. The Bertz CT molecular complexity index is 1000. The van der Waals surface area contributed by atoms with E-state index in [9.17, 15) is 14.3 Å². The summed E-state index contributed by atoms with van der Waals surface area (Å²) in [5, 5.41) is 10.4. The van der Waals surface area contributed by atoms with Crippen LogP contribution in [0.1, 0.15) is 36.0 Å². The third-order valence-corrected chi connectivity index (χ3v) is 7.30. The number of amides is 1. The van der Waals surface area contributed by atoms with Crippen LogP contribution in [0.5, 0.6) is 0 Å². The summed E-state index contributed by atoms with van der Waals surface area (Å²) >= 11 is 0. The van der Waals surface area contributed by atoms with Crippen LogP contribution >= 0.6 is 0 Å². The Kier molecular flexibility index (Phi) is 7.25. The minimum Gasteiger partial charge on any atom is -0.389 e. The molecule has 7 heteroatoms. The first kappa shape index (κ1) is 23.4. The topological polar surface area (TPSA) is 62.2 Å². The number of halogens is 1. The highest BCUT2D eigenvalue weighted by Gasteiger charge is 2.38. The van der Waals surface area contributed by atoms with E-state index in [0.29, 0.717) is 38.2 Å². The molecule has 2 fully saturated rings. The van der Waals surface area contributed by atoms with E-state index in [1.807, 2.05) is 23.1 Å². The van der Waals surface area contributed by atoms with Crippen LogP contribution in [-0.4, -0.2) is 71.5 Å². The molecule has 0 aliphatic carbocycles. The standard InChI is InChI=1S/C27H33FN2O4/c28-24-8-4-3-7-21(24)15-30-16-22(31)17-33-18-26-25(30)10-9-23(34-26)13-27(32)29-12-11-19-5-1-2-6-20(19)14-29/h1-8,22-23,25-26,31H,9-18H2/t22-,23+,25+,26-/m0/s1.